The molecule has 0 fully saturated rings. The molecule has 1 aromatic heterocycles. The van der Waals surface area contributed by atoms with E-state index in [0.29, 0.717) is 29.2 Å². The summed E-state index contributed by atoms with van der Waals surface area (Å²) in [7, 11) is 1.78. The van der Waals surface area contributed by atoms with E-state index in [2.05, 4.69) is 23.4 Å². The fourth-order valence-electron chi connectivity index (χ4n) is 2.45. The maximum atomic E-state index is 12.3. The minimum atomic E-state index is -0.247. The molecule has 0 bridgehead atoms. The molecule has 0 saturated carbocycles. The quantitative estimate of drug-likeness (QED) is 0.741. The highest BCUT2D eigenvalue weighted by Gasteiger charge is 2.14. The zero-order valence-corrected chi connectivity index (χ0v) is 15.0. The van der Waals surface area contributed by atoms with Gasteiger partial charge in [0.25, 0.3) is 5.91 Å². The van der Waals surface area contributed by atoms with Gasteiger partial charge >= 0.3 is 0 Å². The monoisotopic (exact) mass is 340 g/mol. The van der Waals surface area contributed by atoms with Crippen LogP contribution < -0.4 is 10.1 Å². The Morgan fingerprint density at radius 2 is 2.16 bits per heavy atom. The standard InChI is InChI=1S/C19H24N4O2/c1-4-5-6-7-10-25-18-9-8-16(11-15(18)12-20)22-19(24)17-13-21-23(3)14(17)2/h8-9,11,13H,4-7,10H2,1-3H3,(H,22,24). The van der Waals surface area contributed by atoms with E-state index in [1.807, 2.05) is 6.92 Å². The number of carbonyl (C=O) groups is 1. The van der Waals surface area contributed by atoms with Crippen LogP contribution in [-0.2, 0) is 7.05 Å². The third-order valence-electron chi connectivity index (χ3n) is 4.09. The molecule has 0 atom stereocenters. The Labute approximate surface area is 148 Å². The van der Waals surface area contributed by atoms with Crippen LogP contribution in [0, 0.1) is 18.3 Å². The van der Waals surface area contributed by atoms with Crippen molar-refractivity contribution in [3.05, 3.63) is 41.2 Å². The first-order valence-electron chi connectivity index (χ1n) is 8.53. The first-order valence-corrected chi connectivity index (χ1v) is 8.53. The van der Waals surface area contributed by atoms with E-state index in [4.69, 9.17) is 4.74 Å². The fraction of sp³-hybridized carbons (Fsp3) is 0.421. The number of ether oxygens (including phenoxy) is 1. The van der Waals surface area contributed by atoms with Gasteiger partial charge in [0, 0.05) is 18.4 Å². The van der Waals surface area contributed by atoms with Crippen molar-refractivity contribution in [1.82, 2.24) is 9.78 Å². The molecule has 0 saturated heterocycles. The zero-order chi connectivity index (χ0) is 18.2. The number of nitriles is 1. The summed E-state index contributed by atoms with van der Waals surface area (Å²) in [6.45, 7) is 4.59. The molecule has 2 aromatic rings. The minimum Gasteiger partial charge on any atom is -0.492 e. The second kappa shape index (κ2) is 8.88. The smallest absolute Gasteiger partial charge is 0.259 e. The number of nitrogens with one attached hydrogen (secondary N) is 1. The van der Waals surface area contributed by atoms with Crippen LogP contribution in [0.15, 0.2) is 24.4 Å². The highest BCUT2D eigenvalue weighted by Crippen LogP contribution is 2.23. The van der Waals surface area contributed by atoms with Gasteiger partial charge in [-0.15, -0.1) is 0 Å². The molecular formula is C19H24N4O2. The van der Waals surface area contributed by atoms with Crippen molar-refractivity contribution in [3.63, 3.8) is 0 Å². The molecule has 1 amide bonds. The van der Waals surface area contributed by atoms with Crippen molar-refractivity contribution in [2.24, 2.45) is 7.05 Å². The summed E-state index contributed by atoms with van der Waals surface area (Å²) < 4.78 is 7.34. The molecule has 1 N–H and O–H groups in total. The average molecular weight is 340 g/mol. The Bertz CT molecular complexity index is 774. The van der Waals surface area contributed by atoms with Gasteiger partial charge in [-0.25, -0.2) is 0 Å². The Morgan fingerprint density at radius 3 is 2.80 bits per heavy atom. The van der Waals surface area contributed by atoms with Crippen molar-refractivity contribution in [3.8, 4) is 11.8 Å². The molecule has 0 aliphatic carbocycles. The maximum absolute atomic E-state index is 12.3. The zero-order valence-electron chi connectivity index (χ0n) is 15.0. The van der Waals surface area contributed by atoms with Crippen LogP contribution in [-0.4, -0.2) is 22.3 Å². The summed E-state index contributed by atoms with van der Waals surface area (Å²) in [4.78, 5) is 12.3. The van der Waals surface area contributed by atoms with Crippen LogP contribution in [0.5, 0.6) is 5.75 Å². The summed E-state index contributed by atoms with van der Waals surface area (Å²) >= 11 is 0. The van der Waals surface area contributed by atoms with E-state index < -0.39 is 0 Å². The number of benzene rings is 1. The molecule has 0 radical (unpaired) electrons. The molecule has 0 spiro atoms. The SMILES string of the molecule is CCCCCCOc1ccc(NC(=O)c2cnn(C)c2C)cc1C#N. The van der Waals surface area contributed by atoms with Gasteiger partial charge in [-0.1, -0.05) is 26.2 Å². The molecular weight excluding hydrogens is 316 g/mol. The molecule has 1 aromatic carbocycles. The van der Waals surface area contributed by atoms with E-state index >= 15 is 0 Å². The lowest BCUT2D eigenvalue weighted by Gasteiger charge is -2.10. The summed E-state index contributed by atoms with van der Waals surface area (Å²) in [6.07, 6.45) is 5.99. The number of hydrogen-bond donors (Lipinski definition) is 1. The van der Waals surface area contributed by atoms with Gasteiger partial charge in [0.2, 0.25) is 0 Å². The third kappa shape index (κ3) is 4.83. The predicted molar refractivity (Wildman–Crippen MR) is 96.7 cm³/mol. The predicted octanol–water partition coefficient (Wildman–Crippen LogP) is 3.81. The number of anilines is 1. The Morgan fingerprint density at radius 1 is 1.36 bits per heavy atom. The fourth-order valence-corrected chi connectivity index (χ4v) is 2.45. The van der Waals surface area contributed by atoms with Gasteiger partial charge in [-0.2, -0.15) is 10.4 Å². The molecule has 6 heteroatoms. The first-order chi connectivity index (χ1) is 12.1. The van der Waals surface area contributed by atoms with Crippen molar-refractivity contribution in [2.75, 3.05) is 11.9 Å². The number of hydrogen-bond acceptors (Lipinski definition) is 4. The van der Waals surface area contributed by atoms with Gasteiger partial charge in [0.1, 0.15) is 11.8 Å². The maximum Gasteiger partial charge on any atom is 0.259 e. The van der Waals surface area contributed by atoms with E-state index in [0.717, 1.165) is 18.5 Å². The Balaban J connectivity index is 2.02. The van der Waals surface area contributed by atoms with Crippen molar-refractivity contribution in [2.45, 2.75) is 39.5 Å². The number of aromatic nitrogens is 2. The van der Waals surface area contributed by atoms with Crippen LogP contribution in [0.2, 0.25) is 0 Å². The van der Waals surface area contributed by atoms with Crippen molar-refractivity contribution >= 4 is 11.6 Å². The second-order valence-corrected chi connectivity index (χ2v) is 5.95. The largest absolute Gasteiger partial charge is 0.492 e. The third-order valence-corrected chi connectivity index (χ3v) is 4.09. The number of unbranched alkanes of at least 4 members (excludes halogenated alkanes) is 3. The number of nitrogens with zero attached hydrogens (tertiary/aromatic N) is 3. The molecule has 0 aliphatic heterocycles. The lowest BCUT2D eigenvalue weighted by atomic mass is 10.1. The summed E-state index contributed by atoms with van der Waals surface area (Å²) in [6, 6.07) is 7.22. The van der Waals surface area contributed by atoms with Gasteiger partial charge < -0.3 is 10.1 Å². The molecule has 0 unspecified atom stereocenters. The number of rotatable bonds is 8. The Kier molecular flexibility index (Phi) is 6.58. The summed E-state index contributed by atoms with van der Waals surface area (Å²) in [5.74, 6) is 0.303. The van der Waals surface area contributed by atoms with Crippen LogP contribution in [0.4, 0.5) is 5.69 Å². The number of carbonyl (C=O) groups excluding carboxylic acids is 1. The minimum absolute atomic E-state index is 0.247. The normalized spacial score (nSPS) is 10.3. The molecule has 6 nitrogen and oxygen atoms in total. The van der Waals surface area contributed by atoms with Crippen LogP contribution >= 0.6 is 0 Å². The lowest BCUT2D eigenvalue weighted by Crippen LogP contribution is -2.13. The highest BCUT2D eigenvalue weighted by atomic mass is 16.5. The van der Waals surface area contributed by atoms with E-state index in [-0.39, 0.29) is 5.91 Å². The first kappa shape index (κ1) is 18.5. The molecule has 0 aliphatic rings. The number of aryl methyl sites for hydroxylation is 1. The topological polar surface area (TPSA) is 79.9 Å². The highest BCUT2D eigenvalue weighted by molar-refractivity contribution is 6.05. The van der Waals surface area contributed by atoms with Gasteiger partial charge in [-0.05, 0) is 31.5 Å². The van der Waals surface area contributed by atoms with Gasteiger partial charge in [0.15, 0.2) is 0 Å². The van der Waals surface area contributed by atoms with Crippen LogP contribution in [0.3, 0.4) is 0 Å². The van der Waals surface area contributed by atoms with E-state index in [1.165, 1.54) is 19.0 Å². The van der Waals surface area contributed by atoms with Crippen molar-refractivity contribution < 1.29 is 9.53 Å². The van der Waals surface area contributed by atoms with Crippen molar-refractivity contribution in [1.29, 1.82) is 5.26 Å². The van der Waals surface area contributed by atoms with Crippen LogP contribution in [0.1, 0.15) is 54.2 Å². The summed E-state index contributed by atoms with van der Waals surface area (Å²) in [5.41, 5.74) is 2.27. The number of amides is 1. The Hall–Kier alpha value is -2.81. The van der Waals surface area contributed by atoms with Gasteiger partial charge in [-0.3, -0.25) is 9.48 Å². The average Bonchev–Trinajstić information content (AvgIpc) is 2.94. The molecule has 1 heterocycles. The van der Waals surface area contributed by atoms with E-state index in [9.17, 15) is 10.1 Å². The second-order valence-electron chi connectivity index (χ2n) is 5.95. The molecule has 132 valence electrons. The van der Waals surface area contributed by atoms with E-state index in [1.54, 1.807) is 29.9 Å². The summed E-state index contributed by atoms with van der Waals surface area (Å²) in [5, 5.41) is 16.2. The molecule has 2 rings (SSSR count). The lowest BCUT2D eigenvalue weighted by molar-refractivity contribution is 0.102. The van der Waals surface area contributed by atoms with Gasteiger partial charge in [0.05, 0.1) is 23.9 Å². The van der Waals surface area contributed by atoms with Crippen LogP contribution in [0.25, 0.3) is 0 Å². The molecule has 25 heavy (non-hydrogen) atoms.